The van der Waals surface area contributed by atoms with Gasteiger partial charge in [0.05, 0.1) is 29.6 Å². The van der Waals surface area contributed by atoms with Gasteiger partial charge in [-0.25, -0.2) is 4.98 Å². The van der Waals surface area contributed by atoms with E-state index in [1.54, 1.807) is 0 Å². The number of benzene rings is 1. The molecule has 21 heavy (non-hydrogen) atoms. The molecule has 1 aromatic heterocycles. The number of hydrogen-bond acceptors (Lipinski definition) is 2. The maximum Gasteiger partial charge on any atom is 0.124 e. The van der Waals surface area contributed by atoms with Gasteiger partial charge in [0.25, 0.3) is 0 Å². The number of aromatic nitrogens is 2. The maximum absolute atomic E-state index is 6.08. The number of rotatable bonds is 7. The number of fused-ring (bicyclic) bond motifs is 1. The number of halogens is 1. The molecule has 0 N–H and O–H groups in total. The zero-order valence-corrected chi connectivity index (χ0v) is 15.2. The highest BCUT2D eigenvalue weighted by atomic mass is 35.5. The molecule has 0 aliphatic heterocycles. The normalized spacial score (nSPS) is 13.8. The average Bonchev–Trinajstić information content (AvgIpc) is 2.75. The van der Waals surface area contributed by atoms with E-state index >= 15 is 0 Å². The summed E-state index contributed by atoms with van der Waals surface area (Å²) in [5, 5.41) is 0. The van der Waals surface area contributed by atoms with Crippen LogP contribution in [0.2, 0.25) is 25.7 Å². The van der Waals surface area contributed by atoms with Crippen LogP contribution >= 0.6 is 11.6 Å². The predicted octanol–water partition coefficient (Wildman–Crippen LogP) is 4.52. The summed E-state index contributed by atoms with van der Waals surface area (Å²) < 4.78 is 8.21. The Morgan fingerprint density at radius 2 is 2.00 bits per heavy atom. The van der Waals surface area contributed by atoms with E-state index in [-0.39, 0.29) is 6.10 Å². The fourth-order valence-electron chi connectivity index (χ4n) is 2.73. The van der Waals surface area contributed by atoms with Gasteiger partial charge in [-0.15, -0.1) is 11.6 Å². The molecule has 0 spiro atoms. The van der Waals surface area contributed by atoms with Gasteiger partial charge in [-0.3, -0.25) is 0 Å². The minimum atomic E-state index is -1.18. The second kappa shape index (κ2) is 6.94. The lowest BCUT2D eigenvalue weighted by Gasteiger charge is -2.25. The fourth-order valence-corrected chi connectivity index (χ4v) is 4.55. The highest BCUT2D eigenvalue weighted by Crippen LogP contribution is 2.21. The van der Waals surface area contributed by atoms with Gasteiger partial charge in [0, 0.05) is 14.7 Å². The summed E-state index contributed by atoms with van der Waals surface area (Å²) in [7, 11) is -1.18. The van der Waals surface area contributed by atoms with Crippen molar-refractivity contribution in [3.63, 3.8) is 0 Å². The van der Waals surface area contributed by atoms with Crippen molar-refractivity contribution in [2.24, 2.45) is 0 Å². The zero-order chi connectivity index (χ0) is 15.5. The van der Waals surface area contributed by atoms with Crippen LogP contribution in [0.4, 0.5) is 0 Å². The third-order valence-electron chi connectivity index (χ3n) is 3.48. The van der Waals surface area contributed by atoms with Crippen molar-refractivity contribution >= 4 is 30.7 Å². The van der Waals surface area contributed by atoms with Gasteiger partial charge in [0.1, 0.15) is 5.82 Å². The van der Waals surface area contributed by atoms with Gasteiger partial charge in [0.2, 0.25) is 0 Å². The van der Waals surface area contributed by atoms with Crippen LogP contribution in [0.25, 0.3) is 11.0 Å². The summed E-state index contributed by atoms with van der Waals surface area (Å²) >= 11 is 6.08. The number of imidazole rings is 1. The van der Waals surface area contributed by atoms with Gasteiger partial charge in [0.15, 0.2) is 0 Å². The smallest absolute Gasteiger partial charge is 0.124 e. The van der Waals surface area contributed by atoms with Crippen molar-refractivity contribution in [2.75, 3.05) is 6.61 Å². The fraction of sp³-hybridized carbons (Fsp3) is 0.562. The van der Waals surface area contributed by atoms with Gasteiger partial charge in [-0.2, -0.15) is 0 Å². The quantitative estimate of drug-likeness (QED) is 0.553. The first-order chi connectivity index (χ1) is 9.94. The lowest BCUT2D eigenvalue weighted by molar-refractivity contribution is 0.0634. The number of nitrogens with zero attached hydrogens (tertiary/aromatic N) is 2. The lowest BCUT2D eigenvalue weighted by atomic mass is 10.3. The Balaban J connectivity index is 2.31. The Hall–Kier alpha value is -0.843. The molecule has 2 rings (SSSR count). The van der Waals surface area contributed by atoms with Crippen LogP contribution in [0.1, 0.15) is 12.7 Å². The molecule has 0 aliphatic carbocycles. The molecule has 116 valence electrons. The molecule has 0 bridgehead atoms. The van der Waals surface area contributed by atoms with E-state index in [1.165, 1.54) is 0 Å². The molecule has 0 amide bonds. The molecule has 1 heterocycles. The molecule has 1 aromatic carbocycles. The van der Waals surface area contributed by atoms with Gasteiger partial charge in [-0.05, 0) is 25.1 Å². The van der Waals surface area contributed by atoms with Crippen molar-refractivity contribution in [1.82, 2.24) is 9.55 Å². The highest BCUT2D eigenvalue weighted by molar-refractivity contribution is 6.76. The molecule has 0 radical (unpaired) electrons. The van der Waals surface area contributed by atoms with Crippen molar-refractivity contribution in [3.05, 3.63) is 30.1 Å². The Labute approximate surface area is 133 Å². The van der Waals surface area contributed by atoms with Crippen LogP contribution in [-0.4, -0.2) is 30.3 Å². The number of ether oxygens (including phenoxy) is 1. The Morgan fingerprint density at radius 1 is 1.29 bits per heavy atom. The van der Waals surface area contributed by atoms with Gasteiger partial charge < -0.3 is 9.30 Å². The predicted molar refractivity (Wildman–Crippen MR) is 92.9 cm³/mol. The van der Waals surface area contributed by atoms with E-state index in [9.17, 15) is 0 Å². The SMILES string of the molecule is CCOC(Cn1c(CCl)nc2ccccc21)C[Si](C)(C)C. The standard InChI is InChI=1S/C16H25ClN2OSi/c1-5-20-13(12-21(2,3)4)11-19-15-9-7-6-8-14(15)18-16(19)10-17/h6-9,13H,5,10-12H2,1-4H3. The number of para-hydroxylation sites is 2. The molecule has 3 nitrogen and oxygen atoms in total. The second-order valence-corrected chi connectivity index (χ2v) is 12.4. The van der Waals surface area contributed by atoms with Crippen LogP contribution in [-0.2, 0) is 17.2 Å². The Kier molecular flexibility index (Phi) is 5.46. The van der Waals surface area contributed by atoms with Crippen molar-refractivity contribution in [1.29, 1.82) is 0 Å². The van der Waals surface area contributed by atoms with E-state index in [0.717, 1.165) is 36.1 Å². The summed E-state index contributed by atoms with van der Waals surface area (Å²) in [4.78, 5) is 4.63. The first-order valence-corrected chi connectivity index (χ1v) is 11.8. The number of alkyl halides is 1. The Bertz CT molecular complexity index is 591. The third-order valence-corrected chi connectivity index (χ3v) is 5.40. The van der Waals surface area contributed by atoms with Crippen LogP contribution in [0.3, 0.4) is 0 Å². The van der Waals surface area contributed by atoms with Gasteiger partial charge in [-0.1, -0.05) is 31.8 Å². The first kappa shape index (κ1) is 16.5. The molecule has 0 saturated carbocycles. The average molecular weight is 325 g/mol. The van der Waals surface area contributed by atoms with Crippen LogP contribution in [0.5, 0.6) is 0 Å². The van der Waals surface area contributed by atoms with E-state index < -0.39 is 8.07 Å². The molecule has 0 saturated heterocycles. The van der Waals surface area contributed by atoms with Crippen LogP contribution in [0.15, 0.2) is 24.3 Å². The van der Waals surface area contributed by atoms with E-state index in [2.05, 4.69) is 42.2 Å². The lowest BCUT2D eigenvalue weighted by Crippen LogP contribution is -2.31. The van der Waals surface area contributed by atoms with E-state index in [4.69, 9.17) is 16.3 Å². The zero-order valence-electron chi connectivity index (χ0n) is 13.4. The monoisotopic (exact) mass is 324 g/mol. The van der Waals surface area contributed by atoms with Crippen molar-refractivity contribution in [3.8, 4) is 0 Å². The molecule has 2 aromatic rings. The molecule has 1 unspecified atom stereocenters. The molecule has 5 heteroatoms. The minimum absolute atomic E-state index is 0.237. The van der Waals surface area contributed by atoms with Crippen molar-refractivity contribution < 1.29 is 4.74 Å². The molecular weight excluding hydrogens is 300 g/mol. The third kappa shape index (κ3) is 4.31. The number of hydrogen-bond donors (Lipinski definition) is 0. The summed E-state index contributed by atoms with van der Waals surface area (Å²) in [6.45, 7) is 10.8. The summed E-state index contributed by atoms with van der Waals surface area (Å²) in [6, 6.07) is 9.35. The molecule has 0 fully saturated rings. The summed E-state index contributed by atoms with van der Waals surface area (Å²) in [5.74, 6) is 1.36. The largest absolute Gasteiger partial charge is 0.377 e. The second-order valence-electron chi connectivity index (χ2n) is 6.60. The highest BCUT2D eigenvalue weighted by Gasteiger charge is 2.22. The molecular formula is C16H25ClN2OSi. The van der Waals surface area contributed by atoms with Crippen LogP contribution < -0.4 is 0 Å². The summed E-state index contributed by atoms with van der Waals surface area (Å²) in [6.07, 6.45) is 0.237. The Morgan fingerprint density at radius 3 is 2.62 bits per heavy atom. The minimum Gasteiger partial charge on any atom is -0.377 e. The van der Waals surface area contributed by atoms with E-state index in [0.29, 0.717) is 5.88 Å². The topological polar surface area (TPSA) is 27.1 Å². The molecule has 1 atom stereocenters. The van der Waals surface area contributed by atoms with Crippen LogP contribution in [0, 0.1) is 0 Å². The van der Waals surface area contributed by atoms with Crippen molar-refractivity contribution in [2.45, 2.75) is 51.1 Å². The molecule has 0 aliphatic rings. The maximum atomic E-state index is 6.08. The first-order valence-electron chi connectivity index (χ1n) is 7.56. The van der Waals surface area contributed by atoms with Gasteiger partial charge >= 0.3 is 0 Å². The van der Waals surface area contributed by atoms with E-state index in [1.807, 2.05) is 18.2 Å². The summed E-state index contributed by atoms with van der Waals surface area (Å²) in [5.41, 5.74) is 2.16.